The van der Waals surface area contributed by atoms with E-state index in [0.717, 1.165) is 11.3 Å². The zero-order valence-corrected chi connectivity index (χ0v) is 25.7. The number of allylic oxidation sites excluding steroid dienone is 2. The summed E-state index contributed by atoms with van der Waals surface area (Å²) in [5.74, 6) is 0.710. The van der Waals surface area contributed by atoms with Gasteiger partial charge in [-0.2, -0.15) is 0 Å². The van der Waals surface area contributed by atoms with Crippen LogP contribution in [0.25, 0.3) is 5.69 Å². The summed E-state index contributed by atoms with van der Waals surface area (Å²) in [6, 6.07) is 9.25. The highest BCUT2D eigenvalue weighted by molar-refractivity contribution is 6.32. The number of aliphatic carboxylic acids is 1. The first-order chi connectivity index (χ1) is 22.9. The number of fused-ring (bicyclic) bond motifs is 1. The van der Waals surface area contributed by atoms with Crippen molar-refractivity contribution >= 4 is 29.5 Å². The maximum absolute atomic E-state index is 11.8. The van der Waals surface area contributed by atoms with Gasteiger partial charge in [0, 0.05) is 53.5 Å². The van der Waals surface area contributed by atoms with Crippen LogP contribution < -0.4 is 29.6 Å². The van der Waals surface area contributed by atoms with Gasteiger partial charge in [-0.25, -0.2) is 4.68 Å². The van der Waals surface area contributed by atoms with Gasteiger partial charge in [-0.1, -0.05) is 22.9 Å². The number of hydrogen-bond acceptors (Lipinski definition) is 12. The van der Waals surface area contributed by atoms with E-state index < -0.39 is 18.6 Å². The molecule has 0 saturated carbocycles. The van der Waals surface area contributed by atoms with Crippen LogP contribution >= 0.6 is 11.6 Å². The van der Waals surface area contributed by atoms with Gasteiger partial charge in [-0.05, 0) is 30.3 Å². The Bertz CT molecular complexity index is 1750. The number of aliphatic hydroxyl groups excluding tert-OH is 1. The monoisotopic (exact) mass is 662 g/mol. The Balaban J connectivity index is 1.27. The van der Waals surface area contributed by atoms with Crippen molar-refractivity contribution < 1.29 is 38.7 Å². The highest BCUT2D eigenvalue weighted by Gasteiger charge is 2.18. The molecule has 0 fully saturated rings. The molecular formula is C32H31ClN6O8. The fourth-order valence-electron chi connectivity index (χ4n) is 4.34. The number of aromatic nitrogens is 4. The minimum Gasteiger partial charge on any atom is -0.488 e. The molecule has 4 N–H and O–H groups in total. The zero-order valence-electron chi connectivity index (χ0n) is 24.9. The van der Waals surface area contributed by atoms with Crippen molar-refractivity contribution in [1.82, 2.24) is 25.3 Å². The number of nitrogens with one attached hydrogen (secondary N) is 2. The van der Waals surface area contributed by atoms with Gasteiger partial charge in [0.15, 0.2) is 11.5 Å². The van der Waals surface area contributed by atoms with E-state index in [1.54, 1.807) is 60.0 Å². The first-order valence-electron chi connectivity index (χ1n) is 14.4. The molecule has 0 radical (unpaired) electrons. The van der Waals surface area contributed by atoms with Crippen molar-refractivity contribution in [3.8, 4) is 28.7 Å². The Morgan fingerprint density at radius 2 is 1.96 bits per heavy atom. The van der Waals surface area contributed by atoms with Crippen LogP contribution in [0.5, 0.6) is 23.0 Å². The van der Waals surface area contributed by atoms with Gasteiger partial charge in [0.05, 0.1) is 35.9 Å². The normalized spacial score (nSPS) is 13.3. The standard InChI is InChI=1S/C32H31ClN6O8/c33-26-11-23(15-36-27(18-41)32(42)43)29(46-20-22-10-25(16-34-14-22)39-7-6-37-38-39)13-30(26)47-19-21(17-40)2-1-5-35-24-3-4-28-31(12-24)45-9-8-44-28/h1-7,10-14,16-17,27,35-36,41H,8-9,15,18-20H2,(H,42,43)/b5-1-,21-2+/t27-/m1/s1. The van der Waals surface area contributed by atoms with E-state index in [1.165, 1.54) is 0 Å². The molecule has 4 aromatic rings. The molecule has 5 rings (SSSR count). The van der Waals surface area contributed by atoms with Gasteiger partial charge in [0.25, 0.3) is 0 Å². The summed E-state index contributed by atoms with van der Waals surface area (Å²) < 4.78 is 24.7. The number of carbonyl (C=O) groups excluding carboxylic acids is 1. The molecule has 2 aromatic carbocycles. The molecule has 0 unspecified atom stereocenters. The molecule has 1 atom stereocenters. The lowest BCUT2D eigenvalue weighted by molar-refractivity contribution is -0.140. The van der Waals surface area contributed by atoms with Gasteiger partial charge in [0.1, 0.15) is 50.3 Å². The minimum atomic E-state index is -1.21. The Morgan fingerprint density at radius 1 is 1.11 bits per heavy atom. The molecule has 244 valence electrons. The number of anilines is 1. The second-order valence-electron chi connectivity index (χ2n) is 10.0. The number of benzene rings is 2. The maximum atomic E-state index is 11.8. The molecule has 47 heavy (non-hydrogen) atoms. The van der Waals surface area contributed by atoms with Gasteiger partial charge in [-0.15, -0.1) is 5.10 Å². The minimum absolute atomic E-state index is 0.0186. The Hall–Kier alpha value is -5.44. The number of aliphatic hydroxyl groups is 1. The summed E-state index contributed by atoms with van der Waals surface area (Å²) in [7, 11) is 0. The van der Waals surface area contributed by atoms with E-state index in [9.17, 15) is 19.8 Å². The highest BCUT2D eigenvalue weighted by Crippen LogP contribution is 2.34. The number of carbonyl (C=O) groups is 2. The second kappa shape index (κ2) is 16.2. The van der Waals surface area contributed by atoms with Crippen molar-refractivity contribution in [2.24, 2.45) is 0 Å². The number of pyridine rings is 1. The molecule has 3 heterocycles. The van der Waals surface area contributed by atoms with E-state index in [0.29, 0.717) is 53.6 Å². The Labute approximate surface area is 274 Å². The number of nitrogens with zero attached hydrogens (tertiary/aromatic N) is 4. The summed E-state index contributed by atoms with van der Waals surface area (Å²) >= 11 is 6.53. The van der Waals surface area contributed by atoms with E-state index in [2.05, 4.69) is 25.9 Å². The van der Waals surface area contributed by atoms with Crippen molar-refractivity contribution in [3.05, 3.63) is 101 Å². The fourth-order valence-corrected chi connectivity index (χ4v) is 4.58. The van der Waals surface area contributed by atoms with Crippen molar-refractivity contribution in [1.29, 1.82) is 0 Å². The van der Waals surface area contributed by atoms with E-state index in [4.69, 9.17) is 30.5 Å². The Morgan fingerprint density at radius 3 is 2.72 bits per heavy atom. The predicted octanol–water partition coefficient (Wildman–Crippen LogP) is 3.33. The first-order valence-corrected chi connectivity index (χ1v) is 14.7. The zero-order chi connectivity index (χ0) is 33.0. The fraction of sp³-hybridized carbons (Fsp3) is 0.219. The molecule has 14 nitrogen and oxygen atoms in total. The van der Waals surface area contributed by atoms with Gasteiger partial charge < -0.3 is 34.5 Å². The third-order valence-electron chi connectivity index (χ3n) is 6.74. The summed E-state index contributed by atoms with van der Waals surface area (Å²) in [6.07, 6.45) is 12.1. The number of halogens is 1. The lowest BCUT2D eigenvalue weighted by Crippen LogP contribution is -2.39. The molecule has 1 aliphatic rings. The summed E-state index contributed by atoms with van der Waals surface area (Å²) in [5.41, 5.74) is 3.03. The molecule has 0 spiro atoms. The number of carboxylic acid groups (broad SMARTS) is 1. The topological polar surface area (TPSA) is 179 Å². The van der Waals surface area contributed by atoms with Crippen molar-refractivity contribution in [2.45, 2.75) is 19.2 Å². The molecule has 1 aliphatic heterocycles. The maximum Gasteiger partial charge on any atom is 0.323 e. The molecule has 15 heteroatoms. The molecular weight excluding hydrogens is 632 g/mol. The number of rotatable bonds is 16. The average Bonchev–Trinajstić information content (AvgIpc) is 3.64. The number of hydrogen-bond donors (Lipinski definition) is 4. The third-order valence-corrected chi connectivity index (χ3v) is 7.04. The number of carboxylic acids is 1. The van der Waals surface area contributed by atoms with E-state index in [1.807, 2.05) is 24.3 Å². The Kier molecular flexibility index (Phi) is 11.4. The van der Waals surface area contributed by atoms with Crippen LogP contribution in [0.2, 0.25) is 5.02 Å². The van der Waals surface area contributed by atoms with Gasteiger partial charge in [0.2, 0.25) is 0 Å². The van der Waals surface area contributed by atoms with Crippen LogP contribution in [0, 0.1) is 0 Å². The molecule has 0 bridgehead atoms. The predicted molar refractivity (Wildman–Crippen MR) is 170 cm³/mol. The molecule has 0 aliphatic carbocycles. The lowest BCUT2D eigenvalue weighted by atomic mass is 10.1. The second-order valence-corrected chi connectivity index (χ2v) is 10.4. The summed E-state index contributed by atoms with van der Waals surface area (Å²) in [4.78, 5) is 27.4. The van der Waals surface area contributed by atoms with Crippen LogP contribution in [0.1, 0.15) is 11.1 Å². The van der Waals surface area contributed by atoms with Crippen LogP contribution in [-0.4, -0.2) is 74.9 Å². The number of aldehydes is 1. The lowest BCUT2D eigenvalue weighted by Gasteiger charge is -2.18. The molecule has 2 aromatic heterocycles. The van der Waals surface area contributed by atoms with Gasteiger partial charge in [-0.3, -0.25) is 19.9 Å². The van der Waals surface area contributed by atoms with Gasteiger partial charge >= 0.3 is 5.97 Å². The summed E-state index contributed by atoms with van der Waals surface area (Å²) in [5, 5.41) is 32.6. The van der Waals surface area contributed by atoms with Crippen LogP contribution in [0.3, 0.4) is 0 Å². The van der Waals surface area contributed by atoms with Crippen LogP contribution in [0.4, 0.5) is 5.69 Å². The van der Waals surface area contributed by atoms with Crippen molar-refractivity contribution in [3.63, 3.8) is 0 Å². The first kappa shape index (κ1) is 32.9. The van der Waals surface area contributed by atoms with Crippen molar-refractivity contribution in [2.75, 3.05) is 31.7 Å². The largest absolute Gasteiger partial charge is 0.488 e. The summed E-state index contributed by atoms with van der Waals surface area (Å²) in [6.45, 7) is 0.405. The molecule has 0 amide bonds. The SMILES string of the molecule is O=C/C(=C\C=C/Nc1ccc2c(c1)OCCO2)COc1cc(OCc2cncc(-n3ccnn3)c2)c(CN[C@H](CO)C(=O)O)cc1Cl. The third kappa shape index (κ3) is 9.07. The van der Waals surface area contributed by atoms with Crippen LogP contribution in [-0.2, 0) is 22.7 Å². The van der Waals surface area contributed by atoms with E-state index >= 15 is 0 Å². The quantitative estimate of drug-likeness (QED) is 0.0780. The molecule has 0 saturated heterocycles. The van der Waals surface area contributed by atoms with E-state index in [-0.39, 0.29) is 30.5 Å². The average molecular weight is 663 g/mol. The van der Waals surface area contributed by atoms with Crippen LogP contribution in [0.15, 0.2) is 85.1 Å². The highest BCUT2D eigenvalue weighted by atomic mass is 35.5. The number of ether oxygens (including phenoxy) is 4. The smallest absolute Gasteiger partial charge is 0.323 e.